The number of Topliss-reactive ketones (excluding diaryl/α,β-unsaturated/α-hetero) is 1. The molecule has 0 aliphatic carbocycles. The fraction of sp³-hybridized carbons (Fsp3) is 0.500. The molecule has 1 amide bonds. The van der Waals surface area contributed by atoms with E-state index in [2.05, 4.69) is 0 Å². The maximum Gasteiger partial charge on any atom is 0.407 e. The van der Waals surface area contributed by atoms with E-state index in [1.807, 2.05) is 20.8 Å². The highest BCUT2D eigenvalue weighted by atomic mass is 19.1. The van der Waals surface area contributed by atoms with Crippen LogP contribution in [0.25, 0.3) is 0 Å². The Hall–Kier alpha value is -2.11. The van der Waals surface area contributed by atoms with Gasteiger partial charge < -0.3 is 14.7 Å². The first-order valence-electron chi connectivity index (χ1n) is 6.91. The van der Waals surface area contributed by atoms with Gasteiger partial charge in [0.2, 0.25) is 0 Å². The largest absolute Gasteiger partial charge is 0.496 e. The normalized spacial score (nSPS) is 12.6. The van der Waals surface area contributed by atoms with E-state index in [-0.39, 0.29) is 17.7 Å². The molecule has 0 aromatic heterocycles. The van der Waals surface area contributed by atoms with Crippen molar-refractivity contribution < 1.29 is 23.8 Å². The number of benzene rings is 1. The molecule has 1 rings (SSSR count). The van der Waals surface area contributed by atoms with E-state index in [4.69, 9.17) is 4.74 Å². The molecule has 1 aromatic carbocycles. The zero-order valence-corrected chi connectivity index (χ0v) is 13.5. The molecule has 0 spiro atoms. The van der Waals surface area contributed by atoms with Gasteiger partial charge in [-0.15, -0.1) is 0 Å². The van der Waals surface area contributed by atoms with Gasteiger partial charge in [0.25, 0.3) is 0 Å². The second-order valence-corrected chi connectivity index (χ2v) is 6.22. The number of nitrogens with zero attached hydrogens (tertiary/aromatic N) is 1. The summed E-state index contributed by atoms with van der Waals surface area (Å²) in [7, 11) is 2.76. The number of ketones is 1. The van der Waals surface area contributed by atoms with Crippen molar-refractivity contribution in [2.24, 2.45) is 5.41 Å². The number of methoxy groups -OCH3 is 1. The van der Waals surface area contributed by atoms with E-state index >= 15 is 0 Å². The summed E-state index contributed by atoms with van der Waals surface area (Å²) in [5.41, 5.74) is -0.612. The molecule has 1 N–H and O–H groups in total. The third-order valence-electron chi connectivity index (χ3n) is 3.62. The van der Waals surface area contributed by atoms with Gasteiger partial charge in [-0.3, -0.25) is 4.79 Å². The van der Waals surface area contributed by atoms with Gasteiger partial charge in [0.05, 0.1) is 12.7 Å². The lowest BCUT2D eigenvalue weighted by atomic mass is 9.82. The quantitative estimate of drug-likeness (QED) is 0.846. The maximum atomic E-state index is 14.0. The molecule has 0 radical (unpaired) electrons. The molecule has 1 aromatic rings. The number of amides is 1. The monoisotopic (exact) mass is 311 g/mol. The number of carbonyl (C=O) groups is 2. The van der Waals surface area contributed by atoms with Gasteiger partial charge in [-0.05, 0) is 17.5 Å². The van der Waals surface area contributed by atoms with Gasteiger partial charge in [-0.2, -0.15) is 0 Å². The molecular weight excluding hydrogens is 289 g/mol. The fourth-order valence-electron chi connectivity index (χ4n) is 2.38. The highest BCUT2D eigenvalue weighted by Crippen LogP contribution is 2.30. The topological polar surface area (TPSA) is 66.8 Å². The summed E-state index contributed by atoms with van der Waals surface area (Å²) in [5.74, 6) is -1.01. The van der Waals surface area contributed by atoms with Gasteiger partial charge in [-0.25, -0.2) is 9.18 Å². The Morgan fingerprint density at radius 3 is 2.41 bits per heavy atom. The summed E-state index contributed by atoms with van der Waals surface area (Å²) in [6.45, 7) is 5.51. The number of rotatable bonds is 5. The SMILES string of the molecule is COc1cccc(F)c1C(=O)CC(N(C)C(=O)O)C(C)(C)C. The van der Waals surface area contributed by atoms with Crippen LogP contribution in [0.1, 0.15) is 37.6 Å². The molecule has 5 nitrogen and oxygen atoms in total. The molecule has 0 saturated carbocycles. The lowest BCUT2D eigenvalue weighted by Crippen LogP contribution is -2.45. The van der Waals surface area contributed by atoms with Crippen LogP contribution in [-0.4, -0.2) is 42.1 Å². The van der Waals surface area contributed by atoms with Crippen LogP contribution in [0.2, 0.25) is 0 Å². The Morgan fingerprint density at radius 2 is 1.95 bits per heavy atom. The predicted molar refractivity (Wildman–Crippen MR) is 80.9 cm³/mol. The van der Waals surface area contributed by atoms with Gasteiger partial charge in [0, 0.05) is 19.5 Å². The van der Waals surface area contributed by atoms with E-state index in [1.54, 1.807) is 0 Å². The molecule has 0 aliphatic heterocycles. The number of carbonyl (C=O) groups excluding carboxylic acids is 1. The second kappa shape index (κ2) is 6.77. The highest BCUT2D eigenvalue weighted by Gasteiger charge is 2.34. The molecule has 1 atom stereocenters. The van der Waals surface area contributed by atoms with E-state index < -0.39 is 29.2 Å². The predicted octanol–water partition coefficient (Wildman–Crippen LogP) is 3.43. The Labute approximate surface area is 129 Å². The van der Waals surface area contributed by atoms with Crippen molar-refractivity contribution in [1.82, 2.24) is 4.90 Å². The number of carboxylic acid groups (broad SMARTS) is 1. The van der Waals surface area contributed by atoms with Crippen LogP contribution < -0.4 is 4.74 Å². The van der Waals surface area contributed by atoms with E-state index in [9.17, 15) is 19.1 Å². The van der Waals surface area contributed by atoms with Crippen molar-refractivity contribution in [1.29, 1.82) is 0 Å². The number of halogens is 1. The zero-order valence-electron chi connectivity index (χ0n) is 13.5. The van der Waals surface area contributed by atoms with Crippen molar-refractivity contribution in [3.63, 3.8) is 0 Å². The van der Waals surface area contributed by atoms with Crippen molar-refractivity contribution >= 4 is 11.9 Å². The summed E-state index contributed by atoms with van der Waals surface area (Å²) in [5, 5.41) is 9.17. The number of ether oxygens (including phenoxy) is 1. The minimum absolute atomic E-state index is 0.121. The minimum atomic E-state index is -1.13. The van der Waals surface area contributed by atoms with Crippen molar-refractivity contribution in [3.05, 3.63) is 29.6 Å². The minimum Gasteiger partial charge on any atom is -0.496 e. The molecule has 6 heteroatoms. The van der Waals surface area contributed by atoms with E-state index in [0.717, 1.165) is 4.90 Å². The van der Waals surface area contributed by atoms with Crippen LogP contribution in [0.4, 0.5) is 9.18 Å². The summed E-state index contributed by atoms with van der Waals surface area (Å²) >= 11 is 0. The Balaban J connectivity index is 3.15. The maximum absolute atomic E-state index is 14.0. The molecule has 0 fully saturated rings. The first-order chi connectivity index (χ1) is 10.1. The third kappa shape index (κ3) is 3.96. The molecule has 0 heterocycles. The number of hydrogen-bond donors (Lipinski definition) is 1. The van der Waals surface area contributed by atoms with Crippen molar-refractivity contribution in [2.45, 2.75) is 33.2 Å². The highest BCUT2D eigenvalue weighted by molar-refractivity contribution is 5.99. The molecule has 1 unspecified atom stereocenters. The van der Waals surface area contributed by atoms with Crippen LogP contribution in [0.15, 0.2) is 18.2 Å². The molecule has 22 heavy (non-hydrogen) atoms. The lowest BCUT2D eigenvalue weighted by Gasteiger charge is -2.36. The summed E-state index contributed by atoms with van der Waals surface area (Å²) in [6, 6.07) is 3.56. The average molecular weight is 311 g/mol. The van der Waals surface area contributed by atoms with Gasteiger partial charge in [0.1, 0.15) is 11.6 Å². The zero-order chi connectivity index (χ0) is 17.1. The summed E-state index contributed by atoms with van der Waals surface area (Å²) in [6.07, 6.45) is -1.25. The second-order valence-electron chi connectivity index (χ2n) is 6.22. The van der Waals surface area contributed by atoms with Gasteiger partial charge in [0.15, 0.2) is 5.78 Å². The molecule has 0 saturated heterocycles. The van der Waals surface area contributed by atoms with Crippen LogP contribution in [0, 0.1) is 11.2 Å². The smallest absolute Gasteiger partial charge is 0.407 e. The molecular formula is C16H22FNO4. The molecule has 0 aliphatic rings. The number of hydrogen-bond acceptors (Lipinski definition) is 3. The Kier molecular flexibility index (Phi) is 5.52. The first kappa shape index (κ1) is 17.9. The standard InChI is InChI=1S/C16H22FNO4/c1-16(2,3)13(18(4)15(20)21)9-11(19)14-10(17)7-6-8-12(14)22-5/h6-8,13H,9H2,1-5H3,(H,20,21). The lowest BCUT2D eigenvalue weighted by molar-refractivity contribution is 0.0766. The van der Waals surface area contributed by atoms with E-state index in [0.29, 0.717) is 0 Å². The van der Waals surface area contributed by atoms with E-state index in [1.165, 1.54) is 32.4 Å². The Morgan fingerprint density at radius 1 is 1.36 bits per heavy atom. The van der Waals surface area contributed by atoms with Crippen LogP contribution in [-0.2, 0) is 0 Å². The summed E-state index contributed by atoms with van der Waals surface area (Å²) < 4.78 is 19.0. The molecule has 0 bridgehead atoms. The van der Waals surface area contributed by atoms with Crippen molar-refractivity contribution in [2.75, 3.05) is 14.2 Å². The first-order valence-corrected chi connectivity index (χ1v) is 6.91. The average Bonchev–Trinajstić information content (AvgIpc) is 2.41. The van der Waals surface area contributed by atoms with Crippen LogP contribution in [0.5, 0.6) is 5.75 Å². The third-order valence-corrected chi connectivity index (χ3v) is 3.62. The van der Waals surface area contributed by atoms with Gasteiger partial charge >= 0.3 is 6.09 Å². The summed E-state index contributed by atoms with van der Waals surface area (Å²) in [4.78, 5) is 24.8. The van der Waals surface area contributed by atoms with Crippen LogP contribution >= 0.6 is 0 Å². The van der Waals surface area contributed by atoms with Gasteiger partial charge in [-0.1, -0.05) is 26.8 Å². The molecule has 122 valence electrons. The fourth-order valence-corrected chi connectivity index (χ4v) is 2.38. The Bertz CT molecular complexity index is 566. The van der Waals surface area contributed by atoms with Crippen LogP contribution in [0.3, 0.4) is 0 Å². The van der Waals surface area contributed by atoms with Crippen molar-refractivity contribution in [3.8, 4) is 5.75 Å².